The van der Waals surface area contributed by atoms with Gasteiger partial charge in [0.05, 0.1) is 11.0 Å². The van der Waals surface area contributed by atoms with Gasteiger partial charge >= 0.3 is 0 Å². The van der Waals surface area contributed by atoms with Crippen LogP contribution in [0.3, 0.4) is 0 Å². The molecular formula is C30H18ClNO. The summed E-state index contributed by atoms with van der Waals surface area (Å²) >= 11 is 6.22. The zero-order chi connectivity index (χ0) is 21.9. The van der Waals surface area contributed by atoms with Gasteiger partial charge in [0.2, 0.25) is 0 Å². The second-order valence-corrected chi connectivity index (χ2v) is 8.78. The first-order chi connectivity index (χ1) is 16.3. The Balaban J connectivity index is 1.57. The molecule has 0 radical (unpaired) electrons. The standard InChI is InChI=1S/C30H18ClNO/c31-20-14-16-25-29(18-20)33-28-12-6-10-22(30(25)28)19-13-15-24-23-9-4-5-11-26(23)32(27(24)17-19)21-7-2-1-3-8-21/h1-18H. The lowest BCUT2D eigenvalue weighted by Crippen LogP contribution is -1.93. The van der Waals surface area contributed by atoms with Crippen molar-refractivity contribution in [2.45, 2.75) is 0 Å². The van der Waals surface area contributed by atoms with Crippen molar-refractivity contribution >= 4 is 55.3 Å². The summed E-state index contributed by atoms with van der Waals surface area (Å²) in [7, 11) is 0. The normalized spacial score (nSPS) is 11.8. The number of furan rings is 1. The van der Waals surface area contributed by atoms with Crippen LogP contribution in [0.1, 0.15) is 0 Å². The molecule has 0 fully saturated rings. The van der Waals surface area contributed by atoms with Crippen molar-refractivity contribution in [1.82, 2.24) is 4.57 Å². The van der Waals surface area contributed by atoms with Gasteiger partial charge in [0.25, 0.3) is 0 Å². The van der Waals surface area contributed by atoms with E-state index in [1.807, 2.05) is 24.3 Å². The smallest absolute Gasteiger partial charge is 0.136 e. The van der Waals surface area contributed by atoms with Crippen molar-refractivity contribution < 1.29 is 4.42 Å². The van der Waals surface area contributed by atoms with Gasteiger partial charge < -0.3 is 8.98 Å². The predicted molar refractivity (Wildman–Crippen MR) is 139 cm³/mol. The molecule has 0 saturated heterocycles. The van der Waals surface area contributed by atoms with Gasteiger partial charge in [-0.15, -0.1) is 0 Å². The highest BCUT2D eigenvalue weighted by molar-refractivity contribution is 6.31. The molecule has 33 heavy (non-hydrogen) atoms. The summed E-state index contributed by atoms with van der Waals surface area (Å²) in [6.07, 6.45) is 0. The van der Waals surface area contributed by atoms with E-state index in [1.165, 1.54) is 21.8 Å². The van der Waals surface area contributed by atoms with Gasteiger partial charge in [0, 0.05) is 38.3 Å². The second kappa shape index (κ2) is 6.99. The lowest BCUT2D eigenvalue weighted by molar-refractivity contribution is 0.669. The minimum atomic E-state index is 0.678. The Morgan fingerprint density at radius 1 is 0.576 bits per heavy atom. The highest BCUT2D eigenvalue weighted by Gasteiger charge is 2.16. The number of halogens is 1. The lowest BCUT2D eigenvalue weighted by atomic mass is 9.98. The molecule has 156 valence electrons. The number of para-hydroxylation sites is 2. The fraction of sp³-hybridized carbons (Fsp3) is 0. The van der Waals surface area contributed by atoms with Crippen molar-refractivity contribution in [3.8, 4) is 16.8 Å². The van der Waals surface area contributed by atoms with Crippen LogP contribution in [0.5, 0.6) is 0 Å². The Morgan fingerprint density at radius 3 is 2.27 bits per heavy atom. The number of hydrogen-bond acceptors (Lipinski definition) is 1. The van der Waals surface area contributed by atoms with Crippen molar-refractivity contribution in [2.24, 2.45) is 0 Å². The molecule has 2 aromatic heterocycles. The molecule has 0 aliphatic heterocycles. The molecule has 2 heterocycles. The highest BCUT2D eigenvalue weighted by Crippen LogP contribution is 2.40. The fourth-order valence-electron chi connectivity index (χ4n) is 5.03. The Labute approximate surface area is 195 Å². The number of benzene rings is 5. The minimum absolute atomic E-state index is 0.678. The average molecular weight is 444 g/mol. The summed E-state index contributed by atoms with van der Waals surface area (Å²) in [5.41, 5.74) is 7.54. The number of hydrogen-bond donors (Lipinski definition) is 0. The fourth-order valence-corrected chi connectivity index (χ4v) is 5.20. The lowest BCUT2D eigenvalue weighted by Gasteiger charge is -2.09. The summed E-state index contributed by atoms with van der Waals surface area (Å²) in [4.78, 5) is 0. The minimum Gasteiger partial charge on any atom is -0.456 e. The molecule has 0 saturated carbocycles. The van der Waals surface area contributed by atoms with E-state index in [4.69, 9.17) is 16.0 Å². The summed E-state index contributed by atoms with van der Waals surface area (Å²) < 4.78 is 8.48. The topological polar surface area (TPSA) is 18.1 Å². The zero-order valence-electron chi connectivity index (χ0n) is 17.6. The first kappa shape index (κ1) is 18.6. The van der Waals surface area contributed by atoms with Crippen LogP contribution in [-0.2, 0) is 0 Å². The molecule has 0 N–H and O–H groups in total. The van der Waals surface area contributed by atoms with E-state index in [-0.39, 0.29) is 0 Å². The third-order valence-electron chi connectivity index (χ3n) is 6.46. The van der Waals surface area contributed by atoms with E-state index < -0.39 is 0 Å². The van der Waals surface area contributed by atoms with E-state index in [9.17, 15) is 0 Å². The van der Waals surface area contributed by atoms with Crippen molar-refractivity contribution in [3.63, 3.8) is 0 Å². The predicted octanol–water partition coefficient (Wildman–Crippen LogP) is 9.00. The molecule has 0 amide bonds. The van der Waals surface area contributed by atoms with E-state index in [1.54, 1.807) is 0 Å². The van der Waals surface area contributed by atoms with Crippen LogP contribution in [-0.4, -0.2) is 4.57 Å². The van der Waals surface area contributed by atoms with Crippen molar-refractivity contribution in [3.05, 3.63) is 114 Å². The third kappa shape index (κ3) is 2.75. The van der Waals surface area contributed by atoms with Gasteiger partial charge in [-0.25, -0.2) is 0 Å². The van der Waals surface area contributed by atoms with Gasteiger partial charge in [-0.2, -0.15) is 0 Å². The van der Waals surface area contributed by atoms with Crippen LogP contribution in [0.4, 0.5) is 0 Å². The Kier molecular flexibility index (Phi) is 3.93. The monoisotopic (exact) mass is 443 g/mol. The van der Waals surface area contributed by atoms with Crippen molar-refractivity contribution in [2.75, 3.05) is 0 Å². The maximum atomic E-state index is 6.22. The zero-order valence-corrected chi connectivity index (χ0v) is 18.4. The van der Waals surface area contributed by atoms with Crippen LogP contribution in [0, 0.1) is 0 Å². The summed E-state index contributed by atoms with van der Waals surface area (Å²) in [6, 6.07) is 38.0. The highest BCUT2D eigenvalue weighted by atomic mass is 35.5. The van der Waals surface area contributed by atoms with Gasteiger partial charge in [-0.3, -0.25) is 0 Å². The van der Waals surface area contributed by atoms with Gasteiger partial charge in [0.1, 0.15) is 11.2 Å². The molecule has 5 aromatic carbocycles. The maximum Gasteiger partial charge on any atom is 0.136 e. The second-order valence-electron chi connectivity index (χ2n) is 8.34. The Morgan fingerprint density at radius 2 is 1.36 bits per heavy atom. The molecule has 7 aromatic rings. The van der Waals surface area contributed by atoms with Gasteiger partial charge in [-0.05, 0) is 53.6 Å². The van der Waals surface area contributed by atoms with E-state index in [0.717, 1.165) is 38.8 Å². The SMILES string of the molecule is Clc1ccc2c(c1)oc1cccc(-c3ccc4c5ccccc5n(-c5ccccc5)c4c3)c12. The van der Waals surface area contributed by atoms with Crippen LogP contribution >= 0.6 is 11.6 Å². The maximum absolute atomic E-state index is 6.22. The summed E-state index contributed by atoms with van der Waals surface area (Å²) in [5.74, 6) is 0. The van der Waals surface area contributed by atoms with Gasteiger partial charge in [0.15, 0.2) is 0 Å². The van der Waals surface area contributed by atoms with E-state index >= 15 is 0 Å². The molecule has 3 heteroatoms. The number of rotatable bonds is 2. The van der Waals surface area contributed by atoms with E-state index in [2.05, 4.69) is 89.5 Å². The van der Waals surface area contributed by atoms with E-state index in [0.29, 0.717) is 5.02 Å². The Hall–Kier alpha value is -4.01. The largest absolute Gasteiger partial charge is 0.456 e. The summed E-state index contributed by atoms with van der Waals surface area (Å²) in [5, 5.41) is 5.37. The molecule has 0 spiro atoms. The first-order valence-corrected chi connectivity index (χ1v) is 11.4. The Bertz CT molecular complexity index is 1830. The van der Waals surface area contributed by atoms with Gasteiger partial charge in [-0.1, -0.05) is 72.3 Å². The third-order valence-corrected chi connectivity index (χ3v) is 6.69. The average Bonchev–Trinajstić information content (AvgIpc) is 3.39. The van der Waals surface area contributed by atoms with Crippen LogP contribution in [0.2, 0.25) is 5.02 Å². The molecule has 0 aliphatic carbocycles. The molecule has 0 atom stereocenters. The number of fused-ring (bicyclic) bond motifs is 6. The molecule has 7 rings (SSSR count). The van der Waals surface area contributed by atoms with Crippen molar-refractivity contribution in [1.29, 1.82) is 0 Å². The molecule has 2 nitrogen and oxygen atoms in total. The van der Waals surface area contributed by atoms with Crippen LogP contribution < -0.4 is 0 Å². The molecule has 0 unspecified atom stereocenters. The number of aromatic nitrogens is 1. The molecule has 0 aliphatic rings. The molecule has 0 bridgehead atoms. The van der Waals surface area contributed by atoms with Crippen LogP contribution in [0.25, 0.3) is 60.6 Å². The van der Waals surface area contributed by atoms with Crippen LogP contribution in [0.15, 0.2) is 114 Å². The summed E-state index contributed by atoms with van der Waals surface area (Å²) in [6.45, 7) is 0. The molecular weight excluding hydrogens is 426 g/mol. The first-order valence-electron chi connectivity index (χ1n) is 11.0. The number of nitrogens with zero attached hydrogens (tertiary/aromatic N) is 1. The quantitative estimate of drug-likeness (QED) is 0.260.